The first kappa shape index (κ1) is 26.0. The van der Waals surface area contributed by atoms with Gasteiger partial charge in [-0.15, -0.1) is 0 Å². The van der Waals surface area contributed by atoms with Crippen molar-refractivity contribution in [3.8, 4) is 22.4 Å². The Kier molecular flexibility index (Phi) is 6.09. The molecule has 3 aromatic rings. The van der Waals surface area contributed by atoms with Crippen LogP contribution < -0.4 is 5.32 Å². The number of hydrogen-bond acceptors (Lipinski definition) is 4. The summed E-state index contributed by atoms with van der Waals surface area (Å²) in [7, 11) is 1.27. The molecule has 0 radical (unpaired) electrons. The molecule has 6 rings (SSSR count). The number of alkyl carbamates (subject to hydrolysis) is 1. The van der Waals surface area contributed by atoms with Gasteiger partial charge in [0.15, 0.2) is 0 Å². The van der Waals surface area contributed by atoms with Crippen LogP contribution in [0.2, 0.25) is 0 Å². The highest BCUT2D eigenvalue weighted by Gasteiger charge is 2.55. The van der Waals surface area contributed by atoms with E-state index in [2.05, 4.69) is 31.2 Å². The number of likely N-dealkylation sites (tertiary alicyclic amines) is 1. The van der Waals surface area contributed by atoms with Crippen molar-refractivity contribution in [1.29, 1.82) is 0 Å². The number of imidazole rings is 1. The fourth-order valence-corrected chi connectivity index (χ4v) is 6.33. The summed E-state index contributed by atoms with van der Waals surface area (Å²) in [5, 5.41) is 2.68. The number of nitrogens with one attached hydrogen (secondary N) is 2. The van der Waals surface area contributed by atoms with Crippen molar-refractivity contribution in [2.24, 2.45) is 11.3 Å². The maximum Gasteiger partial charge on any atom is 0.407 e. The van der Waals surface area contributed by atoms with Crippen molar-refractivity contribution in [2.75, 3.05) is 13.7 Å². The molecule has 0 bridgehead atoms. The number of aromatic nitrogens is 2. The standard InChI is InChI=1S/C29H29BrF2N4O3/c1-15(2)24(35-27(38)39-3)26(37)36-14-28(8-9-28)12-23(36)25-33-13-22(34-25)16-4-6-18-19-7-5-17(30)11-21(19)29(31,32)20(18)10-16/h4-7,10-11,13,15,23-24H,8-9,12,14H2,1-3H3,(H,33,34)(H,35,38)/t23?,24-/m1/s1. The number of H-pyrrole nitrogens is 1. The van der Waals surface area contributed by atoms with E-state index in [4.69, 9.17) is 4.74 Å². The van der Waals surface area contributed by atoms with Crippen LogP contribution in [0.5, 0.6) is 0 Å². The monoisotopic (exact) mass is 598 g/mol. The van der Waals surface area contributed by atoms with Gasteiger partial charge in [-0.1, -0.05) is 48.0 Å². The Hall–Kier alpha value is -3.27. The molecule has 2 aliphatic carbocycles. The van der Waals surface area contributed by atoms with Crippen LogP contribution in [0, 0.1) is 11.3 Å². The maximum atomic E-state index is 15.4. The SMILES string of the molecule is COC(=O)N[C@@H](C(=O)N1CC2(CC2)CC1c1ncc(-c2ccc3c(c2)C(F)(F)c2cc(Br)ccc2-3)[nH]1)C(C)C. The Morgan fingerprint density at radius 2 is 1.85 bits per heavy atom. The van der Waals surface area contributed by atoms with Crippen LogP contribution in [0.25, 0.3) is 22.4 Å². The molecule has 3 aliphatic rings. The summed E-state index contributed by atoms with van der Waals surface area (Å²) in [6.45, 7) is 4.35. The lowest BCUT2D eigenvalue weighted by atomic mass is 10.0. The summed E-state index contributed by atoms with van der Waals surface area (Å²) in [6, 6.07) is 9.00. The summed E-state index contributed by atoms with van der Waals surface area (Å²) in [4.78, 5) is 35.3. The molecule has 1 unspecified atom stereocenters. The third-order valence-corrected chi connectivity index (χ3v) is 8.82. The average Bonchev–Trinajstić information content (AvgIpc) is 3.23. The Bertz CT molecular complexity index is 1480. The number of nitrogens with zero attached hydrogens (tertiary/aromatic N) is 2. The molecule has 1 saturated carbocycles. The molecule has 2 N–H and O–H groups in total. The van der Waals surface area contributed by atoms with Crippen molar-refractivity contribution in [2.45, 2.75) is 51.1 Å². The number of fused-ring (bicyclic) bond motifs is 3. The van der Waals surface area contributed by atoms with Crippen molar-refractivity contribution in [1.82, 2.24) is 20.2 Å². The molecule has 2 atom stereocenters. The lowest BCUT2D eigenvalue weighted by Crippen LogP contribution is -2.51. The van der Waals surface area contributed by atoms with Crippen molar-refractivity contribution >= 4 is 27.9 Å². The number of rotatable bonds is 5. The predicted octanol–water partition coefficient (Wildman–Crippen LogP) is 6.39. The van der Waals surface area contributed by atoms with E-state index in [0.717, 1.165) is 19.3 Å². The number of benzene rings is 2. The van der Waals surface area contributed by atoms with E-state index in [1.807, 2.05) is 24.8 Å². The van der Waals surface area contributed by atoms with E-state index in [0.29, 0.717) is 39.2 Å². The van der Waals surface area contributed by atoms with E-state index in [9.17, 15) is 9.59 Å². The van der Waals surface area contributed by atoms with Crippen LogP contribution in [0.15, 0.2) is 47.1 Å². The van der Waals surface area contributed by atoms with E-state index in [1.54, 1.807) is 24.4 Å². The highest BCUT2D eigenvalue weighted by atomic mass is 79.9. The second-order valence-corrected chi connectivity index (χ2v) is 12.2. The van der Waals surface area contributed by atoms with Gasteiger partial charge in [-0.2, -0.15) is 8.78 Å². The maximum absolute atomic E-state index is 15.4. The number of carbonyl (C=O) groups is 2. The number of aromatic amines is 1. The second-order valence-electron chi connectivity index (χ2n) is 11.3. The van der Waals surface area contributed by atoms with Gasteiger partial charge in [0.2, 0.25) is 5.91 Å². The van der Waals surface area contributed by atoms with E-state index < -0.39 is 18.1 Å². The van der Waals surface area contributed by atoms with Gasteiger partial charge in [0.1, 0.15) is 11.9 Å². The van der Waals surface area contributed by atoms with E-state index in [-0.39, 0.29) is 34.4 Å². The largest absolute Gasteiger partial charge is 0.453 e. The van der Waals surface area contributed by atoms with Gasteiger partial charge in [0, 0.05) is 27.7 Å². The first-order valence-corrected chi connectivity index (χ1v) is 13.9. The highest BCUT2D eigenvalue weighted by Crippen LogP contribution is 2.58. The fraction of sp³-hybridized carbons (Fsp3) is 0.414. The van der Waals surface area contributed by atoms with Gasteiger partial charge in [-0.05, 0) is 59.9 Å². The Labute approximate surface area is 233 Å². The van der Waals surface area contributed by atoms with E-state index in [1.165, 1.54) is 19.2 Å². The molecular formula is C29H29BrF2N4O3. The molecule has 2 fully saturated rings. The smallest absolute Gasteiger partial charge is 0.407 e. The molecule has 2 amide bonds. The Morgan fingerprint density at radius 1 is 1.15 bits per heavy atom. The van der Waals surface area contributed by atoms with Gasteiger partial charge in [0.25, 0.3) is 5.92 Å². The summed E-state index contributed by atoms with van der Waals surface area (Å²) in [5.74, 6) is -2.82. The van der Waals surface area contributed by atoms with Crippen LogP contribution in [-0.2, 0) is 15.5 Å². The van der Waals surface area contributed by atoms with Gasteiger partial charge < -0.3 is 19.9 Å². The number of hydrogen-bond donors (Lipinski definition) is 2. The zero-order valence-corrected chi connectivity index (χ0v) is 23.4. The van der Waals surface area contributed by atoms with Crippen LogP contribution in [-0.4, -0.2) is 46.6 Å². The third kappa shape index (κ3) is 4.33. The lowest BCUT2D eigenvalue weighted by Gasteiger charge is -2.30. The van der Waals surface area contributed by atoms with Gasteiger partial charge in [-0.25, -0.2) is 9.78 Å². The molecule has 10 heteroatoms. The van der Waals surface area contributed by atoms with Crippen LogP contribution in [0.1, 0.15) is 56.1 Å². The molecule has 204 valence electrons. The molecule has 1 saturated heterocycles. The quantitative estimate of drug-likeness (QED) is 0.356. The van der Waals surface area contributed by atoms with Crippen molar-refractivity contribution < 1.29 is 23.1 Å². The number of halogens is 3. The fourth-order valence-electron chi connectivity index (χ4n) is 5.96. The predicted molar refractivity (Wildman–Crippen MR) is 145 cm³/mol. The number of ether oxygens (including phenoxy) is 1. The van der Waals surface area contributed by atoms with Crippen LogP contribution in [0.4, 0.5) is 13.6 Å². The zero-order valence-electron chi connectivity index (χ0n) is 21.9. The number of methoxy groups -OCH3 is 1. The molecule has 7 nitrogen and oxygen atoms in total. The zero-order chi connectivity index (χ0) is 27.7. The average molecular weight is 599 g/mol. The number of carbonyl (C=O) groups excluding carboxylic acids is 2. The molecular weight excluding hydrogens is 570 g/mol. The molecule has 2 heterocycles. The van der Waals surface area contributed by atoms with Crippen molar-refractivity contribution in [3.05, 3.63) is 64.0 Å². The van der Waals surface area contributed by atoms with E-state index >= 15 is 8.78 Å². The minimum atomic E-state index is -3.11. The molecule has 1 spiro atoms. The lowest BCUT2D eigenvalue weighted by molar-refractivity contribution is -0.135. The summed E-state index contributed by atoms with van der Waals surface area (Å²) >= 11 is 3.31. The molecule has 1 aliphatic heterocycles. The summed E-state index contributed by atoms with van der Waals surface area (Å²) in [5.41, 5.74) is 2.28. The van der Waals surface area contributed by atoms with Gasteiger partial charge >= 0.3 is 6.09 Å². The molecule has 39 heavy (non-hydrogen) atoms. The first-order chi connectivity index (χ1) is 18.5. The molecule has 1 aromatic heterocycles. The van der Waals surface area contributed by atoms with Crippen LogP contribution in [0.3, 0.4) is 0 Å². The number of alkyl halides is 2. The Morgan fingerprint density at radius 3 is 2.51 bits per heavy atom. The van der Waals surface area contributed by atoms with Gasteiger partial charge in [-0.3, -0.25) is 4.79 Å². The second kappa shape index (κ2) is 9.15. The Balaban J connectivity index is 1.30. The topological polar surface area (TPSA) is 87.3 Å². The minimum Gasteiger partial charge on any atom is -0.453 e. The normalized spacial score (nSPS) is 20.6. The highest BCUT2D eigenvalue weighted by molar-refractivity contribution is 9.10. The van der Waals surface area contributed by atoms with Crippen molar-refractivity contribution in [3.63, 3.8) is 0 Å². The van der Waals surface area contributed by atoms with Gasteiger partial charge in [0.05, 0.1) is 25.0 Å². The first-order valence-electron chi connectivity index (χ1n) is 13.1. The summed E-state index contributed by atoms with van der Waals surface area (Å²) < 4.78 is 36.2. The molecule has 2 aromatic carbocycles. The number of amides is 2. The summed E-state index contributed by atoms with van der Waals surface area (Å²) in [6.07, 6.45) is 3.83. The third-order valence-electron chi connectivity index (χ3n) is 8.33. The van der Waals surface area contributed by atoms with Crippen LogP contribution >= 0.6 is 15.9 Å². The minimum absolute atomic E-state index is 0.00978.